The lowest BCUT2D eigenvalue weighted by Gasteiger charge is -2.26. The summed E-state index contributed by atoms with van der Waals surface area (Å²) in [5.74, 6) is -1.55. The molecule has 0 radical (unpaired) electrons. The fourth-order valence-corrected chi connectivity index (χ4v) is 1.49. The Bertz CT molecular complexity index is 477. The molecule has 6 heteroatoms. The van der Waals surface area contributed by atoms with E-state index in [1.807, 2.05) is 0 Å². The maximum Gasteiger partial charge on any atom is 0.410 e. The van der Waals surface area contributed by atoms with Gasteiger partial charge in [-0.2, -0.15) is 0 Å². The third-order valence-electron chi connectivity index (χ3n) is 2.36. The van der Waals surface area contributed by atoms with Gasteiger partial charge in [0.1, 0.15) is 23.5 Å². The predicted molar refractivity (Wildman–Crippen MR) is 69.1 cm³/mol. The number of nitrogens with zero attached hydrogens (tertiary/aromatic N) is 1. The molecule has 0 aliphatic rings. The molecule has 0 spiro atoms. The highest BCUT2D eigenvalue weighted by Crippen LogP contribution is 2.16. The molecule has 0 unspecified atom stereocenters. The second kappa shape index (κ2) is 6.45. The molecule has 1 aromatic rings. The molecule has 1 rings (SSSR count). The zero-order valence-corrected chi connectivity index (χ0v) is 11.7. The van der Waals surface area contributed by atoms with Crippen molar-refractivity contribution in [2.75, 3.05) is 6.54 Å². The molecule has 0 fully saturated rings. The number of aldehydes is 1. The lowest BCUT2D eigenvalue weighted by atomic mass is 10.2. The number of hydrogen-bond acceptors (Lipinski definition) is 3. The molecule has 110 valence electrons. The summed E-state index contributed by atoms with van der Waals surface area (Å²) in [5.41, 5.74) is -1.04. The summed E-state index contributed by atoms with van der Waals surface area (Å²) in [4.78, 5) is 23.4. The Morgan fingerprint density at radius 1 is 1.30 bits per heavy atom. The van der Waals surface area contributed by atoms with Crippen LogP contribution in [-0.2, 0) is 16.1 Å². The second-order valence-corrected chi connectivity index (χ2v) is 5.23. The zero-order chi connectivity index (χ0) is 15.3. The Hall–Kier alpha value is -1.98. The summed E-state index contributed by atoms with van der Waals surface area (Å²) in [6, 6.07) is 3.41. The predicted octanol–water partition coefficient (Wildman–Crippen LogP) is 2.90. The van der Waals surface area contributed by atoms with Gasteiger partial charge in [0.25, 0.3) is 0 Å². The molecule has 0 aliphatic carbocycles. The Kier molecular flexibility index (Phi) is 5.19. The van der Waals surface area contributed by atoms with Crippen LogP contribution in [-0.4, -0.2) is 29.4 Å². The summed E-state index contributed by atoms with van der Waals surface area (Å²) >= 11 is 0. The quantitative estimate of drug-likeness (QED) is 0.799. The van der Waals surface area contributed by atoms with Gasteiger partial charge in [-0.25, -0.2) is 13.6 Å². The molecule has 20 heavy (non-hydrogen) atoms. The number of hydrogen-bond donors (Lipinski definition) is 0. The number of carbonyl (C=O) groups excluding carboxylic acids is 2. The van der Waals surface area contributed by atoms with Crippen molar-refractivity contribution >= 4 is 12.4 Å². The number of carbonyl (C=O) groups is 2. The number of rotatable bonds is 4. The summed E-state index contributed by atoms with van der Waals surface area (Å²) in [6.07, 6.45) is -0.324. The van der Waals surface area contributed by atoms with Gasteiger partial charge < -0.3 is 9.53 Å². The molecule has 4 nitrogen and oxygen atoms in total. The van der Waals surface area contributed by atoms with Gasteiger partial charge in [-0.1, -0.05) is 6.07 Å². The highest BCUT2D eigenvalue weighted by atomic mass is 19.1. The molecule has 0 aromatic heterocycles. The molecule has 0 N–H and O–H groups in total. The van der Waals surface area contributed by atoms with E-state index < -0.39 is 23.3 Å². The minimum atomic E-state index is -0.799. The third kappa shape index (κ3) is 4.60. The van der Waals surface area contributed by atoms with Crippen LogP contribution < -0.4 is 0 Å². The lowest BCUT2D eigenvalue weighted by Crippen LogP contribution is -2.37. The van der Waals surface area contributed by atoms with E-state index in [1.54, 1.807) is 20.8 Å². The average molecular weight is 285 g/mol. The minimum absolute atomic E-state index is 0.278. The number of halogens is 2. The standard InChI is InChI=1S/C14H17F2NO3/c1-14(2,3)20-13(19)17(7-8-18)9-10-11(15)5-4-6-12(10)16/h4-6,8H,7,9H2,1-3H3. The molecule has 0 bridgehead atoms. The lowest BCUT2D eigenvalue weighted by molar-refractivity contribution is -0.109. The summed E-state index contributed by atoms with van der Waals surface area (Å²) < 4.78 is 32.2. The van der Waals surface area contributed by atoms with Gasteiger partial charge in [0.15, 0.2) is 0 Å². The topological polar surface area (TPSA) is 46.6 Å². The van der Waals surface area contributed by atoms with Gasteiger partial charge in [0, 0.05) is 5.56 Å². The van der Waals surface area contributed by atoms with Gasteiger partial charge in [0.05, 0.1) is 13.1 Å². The Morgan fingerprint density at radius 2 is 1.85 bits per heavy atom. The first kappa shape index (κ1) is 16.1. The highest BCUT2D eigenvalue weighted by molar-refractivity contribution is 5.71. The van der Waals surface area contributed by atoms with Crippen molar-refractivity contribution in [2.24, 2.45) is 0 Å². The summed E-state index contributed by atoms with van der Waals surface area (Å²) in [7, 11) is 0. The van der Waals surface area contributed by atoms with Crippen LogP contribution in [0.1, 0.15) is 26.3 Å². The normalized spacial score (nSPS) is 11.1. The van der Waals surface area contributed by atoms with Crippen molar-refractivity contribution in [2.45, 2.75) is 32.9 Å². The second-order valence-electron chi connectivity index (χ2n) is 5.23. The van der Waals surface area contributed by atoms with E-state index in [2.05, 4.69) is 0 Å². The average Bonchev–Trinajstić information content (AvgIpc) is 2.30. The Morgan fingerprint density at radius 3 is 2.30 bits per heavy atom. The maximum absolute atomic E-state index is 13.5. The first-order valence-electron chi connectivity index (χ1n) is 6.09. The molecule has 0 aliphatic heterocycles. The molecule has 1 amide bonds. The van der Waals surface area contributed by atoms with Gasteiger partial charge in [-0.3, -0.25) is 4.90 Å². The molecule has 0 atom stereocenters. The molecular formula is C14H17F2NO3. The van der Waals surface area contributed by atoms with Crippen molar-refractivity contribution in [3.63, 3.8) is 0 Å². The van der Waals surface area contributed by atoms with E-state index in [0.29, 0.717) is 6.29 Å². The minimum Gasteiger partial charge on any atom is -0.444 e. The van der Waals surface area contributed by atoms with Crippen LogP contribution in [0.15, 0.2) is 18.2 Å². The molecule has 1 aromatic carbocycles. The highest BCUT2D eigenvalue weighted by Gasteiger charge is 2.23. The van der Waals surface area contributed by atoms with Crippen molar-refractivity contribution in [1.82, 2.24) is 4.90 Å². The fraction of sp³-hybridized carbons (Fsp3) is 0.429. The van der Waals surface area contributed by atoms with Crippen LogP contribution in [0.3, 0.4) is 0 Å². The largest absolute Gasteiger partial charge is 0.444 e. The van der Waals surface area contributed by atoms with Crippen molar-refractivity contribution in [1.29, 1.82) is 0 Å². The maximum atomic E-state index is 13.5. The molecule has 0 saturated heterocycles. The van der Waals surface area contributed by atoms with E-state index in [-0.39, 0.29) is 18.7 Å². The fourth-order valence-electron chi connectivity index (χ4n) is 1.49. The summed E-state index contributed by atoms with van der Waals surface area (Å²) in [5, 5.41) is 0. The number of amides is 1. The van der Waals surface area contributed by atoms with Crippen LogP contribution in [0.25, 0.3) is 0 Å². The third-order valence-corrected chi connectivity index (χ3v) is 2.36. The Balaban J connectivity index is 2.92. The van der Waals surface area contributed by atoms with E-state index in [9.17, 15) is 18.4 Å². The first-order valence-corrected chi connectivity index (χ1v) is 6.09. The molecular weight excluding hydrogens is 268 g/mol. The van der Waals surface area contributed by atoms with Gasteiger partial charge in [0.2, 0.25) is 0 Å². The van der Waals surface area contributed by atoms with E-state index in [0.717, 1.165) is 17.0 Å². The first-order chi connectivity index (χ1) is 9.24. The van der Waals surface area contributed by atoms with Crippen molar-refractivity contribution in [3.05, 3.63) is 35.4 Å². The van der Waals surface area contributed by atoms with E-state index in [4.69, 9.17) is 4.74 Å². The van der Waals surface area contributed by atoms with E-state index >= 15 is 0 Å². The van der Waals surface area contributed by atoms with Crippen LogP contribution in [0.2, 0.25) is 0 Å². The number of ether oxygens (including phenoxy) is 1. The van der Waals surface area contributed by atoms with Crippen LogP contribution >= 0.6 is 0 Å². The van der Waals surface area contributed by atoms with Crippen molar-refractivity contribution < 1.29 is 23.1 Å². The van der Waals surface area contributed by atoms with Gasteiger partial charge in [-0.15, -0.1) is 0 Å². The van der Waals surface area contributed by atoms with Crippen LogP contribution in [0.4, 0.5) is 13.6 Å². The monoisotopic (exact) mass is 285 g/mol. The van der Waals surface area contributed by atoms with Crippen LogP contribution in [0.5, 0.6) is 0 Å². The molecule has 0 heterocycles. The number of benzene rings is 1. The van der Waals surface area contributed by atoms with E-state index in [1.165, 1.54) is 6.07 Å². The van der Waals surface area contributed by atoms with Gasteiger partial charge >= 0.3 is 6.09 Å². The Labute approximate surface area is 116 Å². The van der Waals surface area contributed by atoms with Crippen molar-refractivity contribution in [3.8, 4) is 0 Å². The summed E-state index contributed by atoms with van der Waals surface area (Å²) in [6.45, 7) is 4.31. The smallest absolute Gasteiger partial charge is 0.410 e. The zero-order valence-electron chi connectivity index (χ0n) is 11.7. The molecule has 0 saturated carbocycles. The van der Waals surface area contributed by atoms with Gasteiger partial charge in [-0.05, 0) is 32.9 Å². The SMILES string of the molecule is CC(C)(C)OC(=O)N(CC=O)Cc1c(F)cccc1F. The van der Waals surface area contributed by atoms with Crippen LogP contribution in [0, 0.1) is 11.6 Å².